The maximum Gasteiger partial charge on any atom is 0.303 e. The molecule has 25 N–H and O–H groups in total. The highest BCUT2D eigenvalue weighted by Crippen LogP contribution is 2.25. The van der Waals surface area contributed by atoms with Gasteiger partial charge in [0, 0.05) is 119 Å². The molecular formula is C92H140N24O21. The van der Waals surface area contributed by atoms with Crippen LogP contribution in [0.5, 0.6) is 0 Å². The number of ether oxygens (including phenoxy) is 2. The van der Waals surface area contributed by atoms with Crippen LogP contribution in [0, 0.1) is 5.41 Å². The molecule has 45 heteroatoms. The van der Waals surface area contributed by atoms with Crippen molar-refractivity contribution in [3.8, 4) is 0 Å². The largest absolute Gasteiger partial charge is 0.481 e. The zero-order chi connectivity index (χ0) is 99.2. The summed E-state index contributed by atoms with van der Waals surface area (Å²) >= 11 is 0. The molecule has 3 aliphatic heterocycles. The molecule has 3 aliphatic rings. The van der Waals surface area contributed by atoms with Crippen molar-refractivity contribution in [1.82, 2.24) is 99.6 Å². The van der Waals surface area contributed by atoms with Gasteiger partial charge >= 0.3 is 5.97 Å². The van der Waals surface area contributed by atoms with E-state index in [1.807, 2.05) is 12.1 Å². The van der Waals surface area contributed by atoms with Gasteiger partial charge in [-0.2, -0.15) is 0 Å². The highest BCUT2D eigenvalue weighted by molar-refractivity contribution is 6.01. The van der Waals surface area contributed by atoms with E-state index >= 15 is 14.4 Å². The summed E-state index contributed by atoms with van der Waals surface area (Å²) in [4.78, 5) is 233. The molecule has 0 saturated carbocycles. The van der Waals surface area contributed by atoms with Crippen LogP contribution >= 0.6 is 0 Å². The van der Waals surface area contributed by atoms with Crippen LogP contribution in [-0.4, -0.2) is 291 Å². The van der Waals surface area contributed by atoms with Crippen LogP contribution in [-0.2, 0) is 105 Å². The summed E-state index contributed by atoms with van der Waals surface area (Å²) in [6.45, 7) is -0.959. The number of nitrogens with one attached hydrogen (secondary N) is 16. The number of carbonyl (C=O) groups excluding carboxylic acids is 15. The Morgan fingerprint density at radius 2 is 1.23 bits per heavy atom. The highest BCUT2D eigenvalue weighted by Gasteiger charge is 2.44. The number of aryl methyl sites for hydroxylation is 1. The van der Waals surface area contributed by atoms with Gasteiger partial charge in [0.1, 0.15) is 84.7 Å². The number of tetrazole rings is 1. The van der Waals surface area contributed by atoms with Gasteiger partial charge in [-0.1, -0.05) is 158 Å². The van der Waals surface area contributed by atoms with E-state index in [0.717, 1.165) is 60.2 Å². The number of allylic oxidation sites excluding steroid dienone is 1. The Morgan fingerprint density at radius 1 is 0.606 bits per heavy atom. The number of ketones is 1. The number of unbranched alkanes of at least 4 members (excludes halogenated alkanes) is 13. The number of carboxylic acids is 1. The third kappa shape index (κ3) is 41.8. The maximum atomic E-state index is 15.3. The smallest absolute Gasteiger partial charge is 0.303 e. The van der Waals surface area contributed by atoms with E-state index < -0.39 is 220 Å². The van der Waals surface area contributed by atoms with Crippen molar-refractivity contribution in [2.75, 3.05) is 65.8 Å². The zero-order valence-electron chi connectivity index (χ0n) is 78.1. The number of carbonyl (C=O) groups is 16. The molecular weight excluding hydrogens is 1780 g/mol. The van der Waals surface area contributed by atoms with Crippen molar-refractivity contribution in [3.05, 3.63) is 89.5 Å². The van der Waals surface area contributed by atoms with Crippen molar-refractivity contribution in [2.45, 2.75) is 298 Å². The molecule has 2 fully saturated rings. The zero-order valence-corrected chi connectivity index (χ0v) is 78.1. The Bertz CT molecular complexity index is 4630. The number of amides is 14. The summed E-state index contributed by atoms with van der Waals surface area (Å²) in [5, 5.41) is 87.8. The third-order valence-electron chi connectivity index (χ3n) is 23.6. The molecule has 137 heavy (non-hydrogen) atoms. The number of H-pyrrole nitrogens is 2. The number of aromatic nitrogens is 5. The summed E-state index contributed by atoms with van der Waals surface area (Å²) < 4.78 is 10.9. The van der Waals surface area contributed by atoms with Crippen molar-refractivity contribution >= 4 is 118 Å². The molecule has 45 nitrogen and oxygen atoms in total. The molecule has 2 aromatic heterocycles. The van der Waals surface area contributed by atoms with Crippen molar-refractivity contribution in [3.63, 3.8) is 0 Å². The number of benzene rings is 2. The molecule has 0 spiro atoms. The molecule has 7 rings (SSSR count). The monoisotopic (exact) mass is 1920 g/mol. The Kier molecular flexibility index (Phi) is 50.4. The van der Waals surface area contributed by atoms with E-state index in [9.17, 15) is 77.6 Å². The number of aliphatic carboxylic acids is 1. The number of para-hydroxylation sites is 1. The first-order chi connectivity index (χ1) is 66.0. The van der Waals surface area contributed by atoms with Gasteiger partial charge in [0.25, 0.3) is 0 Å². The summed E-state index contributed by atoms with van der Waals surface area (Å²) in [5.41, 5.74) is 19.5. The minimum Gasteiger partial charge on any atom is -0.481 e. The number of carboxylic acid groups (broad SMARTS) is 1. The lowest BCUT2D eigenvalue weighted by atomic mass is 10.00. The first kappa shape index (κ1) is 111. The van der Waals surface area contributed by atoms with Gasteiger partial charge in [-0.15, -0.1) is 5.10 Å². The van der Waals surface area contributed by atoms with Crippen LogP contribution in [0.2, 0.25) is 0 Å². The fourth-order valence-electron chi connectivity index (χ4n) is 16.0. The number of guanidine groups is 1. The quantitative estimate of drug-likeness (QED) is 0.0144. The van der Waals surface area contributed by atoms with Crippen molar-refractivity contribution in [2.24, 2.45) is 22.2 Å². The minimum absolute atomic E-state index is 0.00383. The maximum absolute atomic E-state index is 15.3. The molecule has 5 heterocycles. The molecule has 0 aliphatic carbocycles. The number of Topliss-reactive ketones (excluding diaryl/α,β-unsaturated/α-hetero) is 1. The molecule has 12 atom stereocenters. The van der Waals surface area contributed by atoms with Gasteiger partial charge in [-0.3, -0.25) is 87.1 Å². The Labute approximate surface area is 795 Å². The Hall–Kier alpha value is -12.8. The molecule has 0 radical (unpaired) electrons. The number of hydrogen-bond donors (Lipinski definition) is 22. The van der Waals surface area contributed by atoms with E-state index in [1.165, 1.54) is 57.6 Å². The van der Waals surface area contributed by atoms with Gasteiger partial charge in [-0.25, -0.2) is 5.10 Å². The Balaban J connectivity index is 0.949. The van der Waals surface area contributed by atoms with Crippen molar-refractivity contribution in [1.29, 1.82) is 5.41 Å². The fourth-order valence-corrected chi connectivity index (χ4v) is 16.0. The van der Waals surface area contributed by atoms with Gasteiger partial charge in [0.05, 0.1) is 39.1 Å². The second-order valence-electron chi connectivity index (χ2n) is 34.6. The second-order valence-corrected chi connectivity index (χ2v) is 34.6. The highest BCUT2D eigenvalue weighted by atomic mass is 16.5. The number of aliphatic hydroxyl groups excluding tert-OH is 2. The average Bonchev–Trinajstić information content (AvgIpc) is 1.66. The molecule has 754 valence electrons. The van der Waals surface area contributed by atoms with Crippen LogP contribution in [0.15, 0.2) is 77.6 Å². The standard InChI is InChI=1S/C92H140N24O21/c1-2-3-32-66(82(126)107-69-39-38-61(118)30-19-16-20-34-65(81(94)125)103-86(130)71(49-59-53-100-64-33-24-23-31-63(59)64)108-83(127)67(35-26-43-99-92(95)96)104-85(129)70(48-58-27-17-15-18-28-58)110-90(134)75-51-62(119)55-116(75)91(69)135)105-89(133)74(56-117)111-87(131)72(50-60-29-25-42-97-60)109-84(128)68(40-41-80(123)124)106-88(132)73(52-93)102-78(121)54-101-79(122)57-137-47-46-136-45-44-98-77(120)37-22-14-12-10-8-6-4-5-7-9-11-13-21-36-76-112-114-115-113-76/h15,17-18,23-24,27-29,31,33,42,53,62,65-75,100,117,119H,2-14,16,19-22,25-26,30,32,34-41,43-52,54-57,93H2,1H3,(H2,94,125)(H,98,120)(H,101,122)(H,102,121)(H,103,130)(H,104,129)(H,105,133)(H,106,132)(H,107,126)(H,108,127)(H,109,128)(H,110,134)(H,111,131)(H,123,124)(H4,95,96,99)(H,112,113,114,115)/t62-,65+,66+,67+,68+,69+,70-,71+,72+,73+,74-,75+/m1/s1. The first-order valence-electron chi connectivity index (χ1n) is 47.7. The normalized spacial score (nSPS) is 19.2. The lowest BCUT2D eigenvalue weighted by Gasteiger charge is -2.31. The van der Waals surface area contributed by atoms with E-state index in [2.05, 4.69) is 99.7 Å². The summed E-state index contributed by atoms with van der Waals surface area (Å²) in [7, 11) is 0. The number of aliphatic hydroxyl groups is 2. The van der Waals surface area contributed by atoms with Gasteiger partial charge in [0.15, 0.2) is 5.96 Å². The number of aromatic amines is 2. The summed E-state index contributed by atoms with van der Waals surface area (Å²) in [5.74, 6) is -14.0. The third-order valence-corrected chi connectivity index (χ3v) is 23.6. The molecule has 2 aromatic carbocycles. The predicted octanol–water partition coefficient (Wildman–Crippen LogP) is -0.938. The SMILES string of the molecule is CCCC[C@H](NC(=O)[C@@H](CO)NC(=O)[C@H](CC1=CCC=N1)NC(=O)[C@H](CCC(=O)O)NC(=O)[C@H](CN)NC(=O)CNC(=O)COCCOCCNC(=O)CCCCCCCCCCCCCCCc1nnn[nH]1)C(=O)N[C@H]1CCC(=O)CCCCC[C@@H](C(N)=O)NC(=O)[C@H](Cc2c[nH]c3ccccc23)NC(=O)[C@H](CCCNC(=N)N)NC(=O)[C@@H](Cc2ccccc2)NC(=O)[C@@H]2C[C@@H](O)CN2C1=O. The number of aliphatic imine (C=N–C) groups is 1. The number of hydrogen-bond acceptors (Lipinski definition) is 26. The second kappa shape index (κ2) is 62.1. The van der Waals surface area contributed by atoms with Crippen LogP contribution in [0.4, 0.5) is 0 Å². The van der Waals surface area contributed by atoms with Crippen LogP contribution in [0.25, 0.3) is 10.9 Å². The minimum atomic E-state index is -1.90. The fraction of sp³-hybridized carbons (Fsp3) is 0.620. The van der Waals surface area contributed by atoms with E-state index in [0.29, 0.717) is 36.8 Å². The van der Waals surface area contributed by atoms with E-state index in [4.69, 9.17) is 32.1 Å². The molecule has 0 unspecified atom stereocenters. The predicted molar refractivity (Wildman–Crippen MR) is 502 cm³/mol. The molecule has 14 amide bonds. The first-order valence-corrected chi connectivity index (χ1v) is 47.7. The average molecular weight is 1920 g/mol. The molecule has 2 saturated heterocycles. The number of nitrogens with zero attached hydrogens (tertiary/aromatic N) is 5. The molecule has 4 aromatic rings. The Morgan fingerprint density at radius 3 is 1.91 bits per heavy atom. The van der Waals surface area contributed by atoms with E-state index in [-0.39, 0.29) is 128 Å². The number of primary amides is 1. The number of rotatable bonds is 56. The number of nitrogens with two attached hydrogens (primary N) is 3. The van der Waals surface area contributed by atoms with Gasteiger partial charge < -0.3 is 121 Å². The van der Waals surface area contributed by atoms with Crippen molar-refractivity contribution < 1.29 is 102 Å². The van der Waals surface area contributed by atoms with Crippen LogP contribution in [0.3, 0.4) is 0 Å². The number of fused-ring (bicyclic) bond motifs is 2. The van der Waals surface area contributed by atoms with Crippen LogP contribution in [0.1, 0.15) is 223 Å². The lowest BCUT2D eigenvalue weighted by molar-refractivity contribution is -0.143. The summed E-state index contributed by atoms with van der Waals surface area (Å²) in [6.07, 6.45) is 17.9. The lowest BCUT2D eigenvalue weighted by Crippen LogP contribution is -2.61. The molecule has 0 bridgehead atoms. The van der Waals surface area contributed by atoms with Crippen LogP contribution < -0.4 is 86.3 Å². The topological polar surface area (TPSA) is 696 Å². The van der Waals surface area contributed by atoms with E-state index in [1.54, 1.807) is 61.7 Å². The summed E-state index contributed by atoms with van der Waals surface area (Å²) in [6, 6.07) is -1.78. The van der Waals surface area contributed by atoms with Gasteiger partial charge in [-0.05, 0) is 85.4 Å². The van der Waals surface area contributed by atoms with Gasteiger partial charge in [0.2, 0.25) is 82.7 Å².